The Labute approximate surface area is 210 Å². The van der Waals surface area contributed by atoms with Gasteiger partial charge >= 0.3 is 0 Å². The van der Waals surface area contributed by atoms with E-state index in [0.29, 0.717) is 29.3 Å². The van der Waals surface area contributed by atoms with Crippen LogP contribution in [0.4, 0.5) is 11.4 Å². The van der Waals surface area contributed by atoms with E-state index >= 15 is 0 Å². The Morgan fingerprint density at radius 2 is 1.70 bits per heavy atom. The highest BCUT2D eigenvalue weighted by Gasteiger charge is 2.21. The zero-order valence-electron chi connectivity index (χ0n) is 19.6. The number of anilines is 2. The van der Waals surface area contributed by atoms with Crippen LogP contribution in [-0.4, -0.2) is 23.5 Å². The number of benzene rings is 2. The first-order valence-corrected chi connectivity index (χ1v) is 12.3. The van der Waals surface area contributed by atoms with Crippen LogP contribution in [0.25, 0.3) is 0 Å². The fraction of sp³-hybridized carbons (Fsp3) is 0.400. The van der Waals surface area contributed by atoms with Gasteiger partial charge in [-0.2, -0.15) is 0 Å². The lowest BCUT2D eigenvalue weighted by Gasteiger charge is -2.18. The Kier molecular flexibility index (Phi) is 10.3. The zero-order valence-corrected chi connectivity index (χ0v) is 22.0. The van der Waals surface area contributed by atoms with E-state index in [1.807, 2.05) is 26.8 Å². The van der Waals surface area contributed by atoms with Crippen molar-refractivity contribution in [1.29, 1.82) is 0 Å². The molecule has 0 aliphatic heterocycles. The monoisotopic (exact) mass is 533 g/mol. The summed E-state index contributed by atoms with van der Waals surface area (Å²) in [5.74, 6) is 0.0591. The second kappa shape index (κ2) is 12.7. The number of hydrogen-bond acceptors (Lipinski definition) is 4. The van der Waals surface area contributed by atoms with E-state index < -0.39 is 5.41 Å². The van der Waals surface area contributed by atoms with Crippen molar-refractivity contribution in [3.8, 4) is 5.75 Å². The molecule has 0 spiro atoms. The molecule has 3 N–H and O–H groups in total. The van der Waals surface area contributed by atoms with Gasteiger partial charge in [-0.1, -0.05) is 69.0 Å². The van der Waals surface area contributed by atoms with Crippen LogP contribution in [0, 0.1) is 5.41 Å². The van der Waals surface area contributed by atoms with Crippen molar-refractivity contribution in [3.63, 3.8) is 0 Å². The summed E-state index contributed by atoms with van der Waals surface area (Å²) in [6.07, 6.45) is 4.35. The fourth-order valence-electron chi connectivity index (χ4n) is 2.84. The number of thiocarbonyl (C=S) groups is 1. The van der Waals surface area contributed by atoms with Crippen LogP contribution < -0.4 is 20.7 Å². The van der Waals surface area contributed by atoms with Gasteiger partial charge in [0.15, 0.2) is 5.11 Å². The Morgan fingerprint density at radius 1 is 1.00 bits per heavy atom. The topological polar surface area (TPSA) is 79.5 Å². The molecule has 2 aromatic carbocycles. The van der Waals surface area contributed by atoms with E-state index in [0.717, 1.165) is 30.2 Å². The van der Waals surface area contributed by atoms with E-state index in [1.54, 1.807) is 36.4 Å². The molecule has 0 saturated carbocycles. The van der Waals surface area contributed by atoms with Gasteiger partial charge in [-0.15, -0.1) is 0 Å². The maximum absolute atomic E-state index is 12.9. The molecule has 178 valence electrons. The molecule has 33 heavy (non-hydrogen) atoms. The lowest BCUT2D eigenvalue weighted by atomic mass is 9.95. The fourth-order valence-corrected chi connectivity index (χ4v) is 3.41. The van der Waals surface area contributed by atoms with Gasteiger partial charge in [0.2, 0.25) is 5.91 Å². The molecule has 2 aromatic rings. The van der Waals surface area contributed by atoms with Gasteiger partial charge in [0.25, 0.3) is 5.91 Å². The number of carbonyl (C=O) groups excluding carboxylic acids is 2. The van der Waals surface area contributed by atoms with Crippen molar-refractivity contribution in [2.24, 2.45) is 5.41 Å². The maximum atomic E-state index is 12.9. The molecular formula is C25H32BrN3O3S. The molecule has 0 radical (unpaired) electrons. The second-order valence-corrected chi connectivity index (χ2v) is 10.1. The van der Waals surface area contributed by atoms with Gasteiger partial charge in [0.05, 0.1) is 12.2 Å². The number of hydrogen-bond donors (Lipinski definition) is 3. The first-order valence-electron chi connectivity index (χ1n) is 11.1. The van der Waals surface area contributed by atoms with E-state index in [9.17, 15) is 9.59 Å². The quantitative estimate of drug-likeness (QED) is 0.252. The Balaban J connectivity index is 2.01. The minimum absolute atomic E-state index is 0.0904. The molecule has 0 atom stereocenters. The van der Waals surface area contributed by atoms with Gasteiger partial charge < -0.3 is 15.4 Å². The van der Waals surface area contributed by atoms with E-state index in [2.05, 4.69) is 38.8 Å². The lowest BCUT2D eigenvalue weighted by Crippen LogP contribution is -2.34. The summed E-state index contributed by atoms with van der Waals surface area (Å²) in [4.78, 5) is 25.1. The van der Waals surface area contributed by atoms with Crippen molar-refractivity contribution in [1.82, 2.24) is 5.32 Å². The molecule has 0 aliphatic carbocycles. The summed E-state index contributed by atoms with van der Waals surface area (Å²) in [5, 5.41) is 8.71. The molecule has 6 nitrogen and oxygen atoms in total. The molecule has 0 unspecified atom stereocenters. The van der Waals surface area contributed by atoms with Crippen LogP contribution in [0.5, 0.6) is 5.75 Å². The SMILES string of the molecule is CCCCCCOc1ccc(Br)cc1C(=O)NC(=S)Nc1cccc(NC(=O)C(C)(C)C)c1. The minimum Gasteiger partial charge on any atom is -0.493 e. The van der Waals surface area contributed by atoms with Gasteiger partial charge in [0.1, 0.15) is 5.75 Å². The number of rotatable bonds is 9. The average Bonchev–Trinajstić information content (AvgIpc) is 2.73. The van der Waals surface area contributed by atoms with Crippen LogP contribution >= 0.6 is 28.1 Å². The van der Waals surface area contributed by atoms with Crippen molar-refractivity contribution in [3.05, 3.63) is 52.5 Å². The van der Waals surface area contributed by atoms with E-state index in [4.69, 9.17) is 17.0 Å². The first kappa shape index (κ1) is 26.8. The lowest BCUT2D eigenvalue weighted by molar-refractivity contribution is -0.123. The minimum atomic E-state index is -0.507. The highest BCUT2D eigenvalue weighted by atomic mass is 79.9. The van der Waals surface area contributed by atoms with Crippen LogP contribution in [0.2, 0.25) is 0 Å². The van der Waals surface area contributed by atoms with E-state index in [-0.39, 0.29) is 16.9 Å². The standard InChI is InChI=1S/C25H32BrN3O3S/c1-5-6-7-8-14-32-21-13-12-17(26)15-20(21)22(30)29-24(33)28-19-11-9-10-18(16-19)27-23(31)25(2,3)4/h9-13,15-16H,5-8,14H2,1-4H3,(H,27,31)(H2,28,29,30,33). The van der Waals surface area contributed by atoms with Crippen molar-refractivity contribution in [2.75, 3.05) is 17.2 Å². The van der Waals surface area contributed by atoms with E-state index in [1.165, 1.54) is 0 Å². The highest BCUT2D eigenvalue weighted by molar-refractivity contribution is 9.10. The third-order valence-corrected chi connectivity index (χ3v) is 5.43. The van der Waals surface area contributed by atoms with Gasteiger partial charge in [0, 0.05) is 21.3 Å². The Bertz CT molecular complexity index is 989. The number of amides is 2. The summed E-state index contributed by atoms with van der Waals surface area (Å²) in [6, 6.07) is 12.5. The smallest absolute Gasteiger partial charge is 0.261 e. The van der Waals surface area contributed by atoms with Gasteiger partial charge in [-0.3, -0.25) is 14.9 Å². The molecule has 0 aliphatic rings. The summed E-state index contributed by atoms with van der Waals surface area (Å²) < 4.78 is 6.62. The maximum Gasteiger partial charge on any atom is 0.261 e. The molecule has 8 heteroatoms. The number of halogens is 1. The Morgan fingerprint density at radius 3 is 2.36 bits per heavy atom. The van der Waals surface area contributed by atoms with Gasteiger partial charge in [-0.05, 0) is 55.0 Å². The molecule has 2 amide bonds. The summed E-state index contributed by atoms with van der Waals surface area (Å²) in [7, 11) is 0. The van der Waals surface area contributed by atoms with Crippen LogP contribution in [0.3, 0.4) is 0 Å². The first-order chi connectivity index (χ1) is 15.6. The molecular weight excluding hydrogens is 502 g/mol. The van der Waals surface area contributed by atoms with Crippen molar-refractivity contribution in [2.45, 2.75) is 53.4 Å². The highest BCUT2D eigenvalue weighted by Crippen LogP contribution is 2.24. The van der Waals surface area contributed by atoms with Crippen LogP contribution in [0.15, 0.2) is 46.9 Å². The van der Waals surface area contributed by atoms with Crippen molar-refractivity contribution < 1.29 is 14.3 Å². The zero-order chi connectivity index (χ0) is 24.4. The molecule has 0 aromatic heterocycles. The molecule has 0 heterocycles. The molecule has 0 bridgehead atoms. The molecule has 0 fully saturated rings. The van der Waals surface area contributed by atoms with Crippen LogP contribution in [0.1, 0.15) is 63.7 Å². The number of carbonyl (C=O) groups is 2. The normalized spacial score (nSPS) is 10.9. The Hall–Kier alpha value is -2.45. The van der Waals surface area contributed by atoms with Crippen molar-refractivity contribution >= 4 is 56.4 Å². The molecule has 0 saturated heterocycles. The number of ether oxygens (including phenoxy) is 1. The molecule has 2 rings (SSSR count). The van der Waals surface area contributed by atoms with Crippen LogP contribution in [-0.2, 0) is 4.79 Å². The second-order valence-electron chi connectivity index (χ2n) is 8.74. The number of unbranched alkanes of at least 4 members (excludes halogenated alkanes) is 3. The summed E-state index contributed by atoms with van der Waals surface area (Å²) in [5.41, 5.74) is 1.18. The third kappa shape index (κ3) is 9.14. The van der Waals surface area contributed by atoms with Gasteiger partial charge in [-0.25, -0.2) is 0 Å². The number of nitrogens with one attached hydrogen (secondary N) is 3. The third-order valence-electron chi connectivity index (χ3n) is 4.73. The largest absolute Gasteiger partial charge is 0.493 e. The predicted octanol–water partition coefficient (Wildman–Crippen LogP) is 6.52. The summed E-state index contributed by atoms with van der Waals surface area (Å²) >= 11 is 8.74. The average molecular weight is 535 g/mol. The summed E-state index contributed by atoms with van der Waals surface area (Å²) in [6.45, 7) is 8.26. The predicted molar refractivity (Wildman–Crippen MR) is 142 cm³/mol.